The Bertz CT molecular complexity index is 324. The number of aliphatic carboxylic acids is 1. The third kappa shape index (κ3) is 1.92. The Morgan fingerprint density at radius 1 is 1.77 bits per heavy atom. The molecule has 1 rings (SSSR count). The van der Waals surface area contributed by atoms with Crippen LogP contribution in [0.5, 0.6) is 0 Å². The lowest BCUT2D eigenvalue weighted by Gasteiger charge is -2.05. The molecule has 0 saturated carbocycles. The lowest BCUT2D eigenvalue weighted by atomic mass is 10.4. The number of hydrogen-bond donors (Lipinski definition) is 2. The van der Waals surface area contributed by atoms with Gasteiger partial charge in [0.05, 0.1) is 0 Å². The first-order chi connectivity index (χ1) is 6.06. The van der Waals surface area contributed by atoms with Crippen molar-refractivity contribution in [3.8, 4) is 0 Å². The number of aromatic nitrogens is 3. The van der Waals surface area contributed by atoms with Crippen LogP contribution in [0.2, 0.25) is 0 Å². The van der Waals surface area contributed by atoms with Crippen molar-refractivity contribution in [2.45, 2.75) is 18.1 Å². The smallest absolute Gasteiger partial charge is 0.328 e. The van der Waals surface area contributed by atoms with Crippen molar-refractivity contribution in [1.82, 2.24) is 14.8 Å². The van der Waals surface area contributed by atoms with Crippen LogP contribution in [0, 0.1) is 0 Å². The number of rotatable bonds is 3. The average Bonchev–Trinajstić information content (AvgIpc) is 2.45. The molecule has 3 N–H and O–H groups in total. The Kier molecular flexibility index (Phi) is 2.76. The fourth-order valence-electron chi connectivity index (χ4n) is 0.791. The quantitative estimate of drug-likeness (QED) is 0.681. The van der Waals surface area contributed by atoms with Crippen LogP contribution in [-0.4, -0.2) is 32.1 Å². The summed E-state index contributed by atoms with van der Waals surface area (Å²) in [5, 5.41) is 13.1. The molecule has 7 heteroatoms. The number of nitrogens with two attached hydrogens (primary N) is 1. The van der Waals surface area contributed by atoms with Crippen molar-refractivity contribution in [2.24, 2.45) is 0 Å². The van der Waals surface area contributed by atoms with E-state index in [-0.39, 0.29) is 5.95 Å². The average molecular weight is 202 g/mol. The number of hydrogen-bond acceptors (Lipinski definition) is 5. The number of carboxylic acids is 1. The first-order valence-electron chi connectivity index (χ1n) is 3.55. The van der Waals surface area contributed by atoms with E-state index >= 15 is 0 Å². The zero-order valence-electron chi connectivity index (χ0n) is 7.26. The Hall–Kier alpha value is -1.24. The van der Waals surface area contributed by atoms with E-state index in [4.69, 9.17) is 10.8 Å². The van der Waals surface area contributed by atoms with Crippen molar-refractivity contribution < 1.29 is 9.90 Å². The van der Waals surface area contributed by atoms with E-state index < -0.39 is 12.0 Å². The van der Waals surface area contributed by atoms with Gasteiger partial charge in [0.15, 0.2) is 0 Å². The summed E-state index contributed by atoms with van der Waals surface area (Å²) in [6, 6.07) is -0.784. The molecule has 0 spiro atoms. The van der Waals surface area contributed by atoms with Crippen LogP contribution in [0.1, 0.15) is 13.0 Å². The summed E-state index contributed by atoms with van der Waals surface area (Å²) >= 11 is 1.32. The second kappa shape index (κ2) is 3.65. The SMILES string of the molecule is CSc1nc(N)n(C(C)C(=O)O)n1. The van der Waals surface area contributed by atoms with Crippen LogP contribution in [0.4, 0.5) is 5.95 Å². The van der Waals surface area contributed by atoms with E-state index in [0.717, 1.165) is 0 Å². The zero-order chi connectivity index (χ0) is 10.0. The minimum Gasteiger partial charge on any atom is -0.480 e. The molecule has 0 amide bonds. The highest BCUT2D eigenvalue weighted by Crippen LogP contribution is 2.15. The molecule has 0 saturated heterocycles. The Morgan fingerprint density at radius 3 is 2.77 bits per heavy atom. The molecular weight excluding hydrogens is 192 g/mol. The van der Waals surface area contributed by atoms with Crippen molar-refractivity contribution >= 4 is 23.7 Å². The molecule has 0 fully saturated rings. The van der Waals surface area contributed by atoms with Gasteiger partial charge in [0, 0.05) is 0 Å². The Morgan fingerprint density at radius 2 is 2.38 bits per heavy atom. The Labute approximate surface area is 79.1 Å². The van der Waals surface area contributed by atoms with Gasteiger partial charge in [-0.05, 0) is 13.2 Å². The normalized spacial score (nSPS) is 12.8. The maximum Gasteiger partial charge on any atom is 0.328 e. The molecule has 0 radical (unpaired) electrons. The minimum absolute atomic E-state index is 0.124. The van der Waals surface area contributed by atoms with Crippen molar-refractivity contribution in [2.75, 3.05) is 12.0 Å². The maximum atomic E-state index is 10.6. The van der Waals surface area contributed by atoms with Gasteiger partial charge in [0.1, 0.15) is 6.04 Å². The summed E-state index contributed by atoms with van der Waals surface area (Å²) in [7, 11) is 0. The number of carbonyl (C=O) groups is 1. The first-order valence-corrected chi connectivity index (χ1v) is 4.77. The maximum absolute atomic E-state index is 10.6. The summed E-state index contributed by atoms with van der Waals surface area (Å²) in [6.45, 7) is 1.50. The first kappa shape index (κ1) is 9.85. The van der Waals surface area contributed by atoms with E-state index in [2.05, 4.69) is 10.1 Å². The highest BCUT2D eigenvalue weighted by atomic mass is 32.2. The molecule has 0 aliphatic carbocycles. The van der Waals surface area contributed by atoms with E-state index in [1.807, 2.05) is 0 Å². The van der Waals surface area contributed by atoms with Crippen molar-refractivity contribution in [3.63, 3.8) is 0 Å². The molecule has 0 aliphatic rings. The van der Waals surface area contributed by atoms with Crippen LogP contribution in [0.3, 0.4) is 0 Å². The summed E-state index contributed by atoms with van der Waals surface area (Å²) in [5.41, 5.74) is 5.47. The molecule has 1 heterocycles. The van der Waals surface area contributed by atoms with Gasteiger partial charge in [0.25, 0.3) is 0 Å². The van der Waals surface area contributed by atoms with Crippen LogP contribution in [0.15, 0.2) is 5.16 Å². The van der Waals surface area contributed by atoms with Gasteiger partial charge in [-0.3, -0.25) is 0 Å². The highest BCUT2D eigenvalue weighted by molar-refractivity contribution is 7.98. The minimum atomic E-state index is -0.982. The lowest BCUT2D eigenvalue weighted by Crippen LogP contribution is -2.18. The van der Waals surface area contributed by atoms with E-state index in [0.29, 0.717) is 5.16 Å². The van der Waals surface area contributed by atoms with E-state index in [9.17, 15) is 4.79 Å². The van der Waals surface area contributed by atoms with Gasteiger partial charge in [-0.2, -0.15) is 4.98 Å². The molecule has 6 nitrogen and oxygen atoms in total. The third-order valence-electron chi connectivity index (χ3n) is 1.55. The second-order valence-electron chi connectivity index (χ2n) is 2.42. The molecular formula is C6H10N4O2S. The van der Waals surface area contributed by atoms with Gasteiger partial charge < -0.3 is 10.8 Å². The molecule has 0 aliphatic heterocycles. The molecule has 1 unspecified atom stereocenters. The standard InChI is InChI=1S/C6H10N4O2S/c1-3(4(11)12)10-5(7)8-6(9-10)13-2/h3H,1-2H3,(H,11,12)(H2,7,8,9). The summed E-state index contributed by atoms with van der Waals surface area (Å²) in [5.74, 6) is -0.858. The predicted octanol–water partition coefficient (Wildman–Crippen LogP) is 0.228. The number of thioether (sulfide) groups is 1. The molecule has 0 bridgehead atoms. The largest absolute Gasteiger partial charge is 0.480 e. The predicted molar refractivity (Wildman–Crippen MR) is 48.6 cm³/mol. The van der Waals surface area contributed by atoms with E-state index in [1.165, 1.54) is 23.4 Å². The van der Waals surface area contributed by atoms with Gasteiger partial charge >= 0.3 is 5.97 Å². The van der Waals surface area contributed by atoms with Gasteiger partial charge in [-0.1, -0.05) is 11.8 Å². The molecule has 72 valence electrons. The monoisotopic (exact) mass is 202 g/mol. The zero-order valence-corrected chi connectivity index (χ0v) is 8.08. The number of anilines is 1. The van der Waals surface area contributed by atoms with Gasteiger partial charge in [0.2, 0.25) is 11.1 Å². The molecule has 0 aromatic carbocycles. The number of nitrogen functional groups attached to an aromatic ring is 1. The highest BCUT2D eigenvalue weighted by Gasteiger charge is 2.18. The Balaban J connectivity index is 3.00. The number of nitrogens with zero attached hydrogens (tertiary/aromatic N) is 3. The summed E-state index contributed by atoms with van der Waals surface area (Å²) in [6.07, 6.45) is 1.80. The molecule has 1 atom stereocenters. The summed E-state index contributed by atoms with van der Waals surface area (Å²) < 4.78 is 1.19. The van der Waals surface area contributed by atoms with Crippen LogP contribution in [-0.2, 0) is 4.79 Å². The van der Waals surface area contributed by atoms with Crippen molar-refractivity contribution in [1.29, 1.82) is 0 Å². The van der Waals surface area contributed by atoms with Crippen LogP contribution in [0.25, 0.3) is 0 Å². The fourth-order valence-corrected chi connectivity index (χ4v) is 1.15. The molecule has 1 aromatic heterocycles. The van der Waals surface area contributed by atoms with Crippen LogP contribution < -0.4 is 5.73 Å². The molecule has 1 aromatic rings. The van der Waals surface area contributed by atoms with Crippen molar-refractivity contribution in [3.05, 3.63) is 0 Å². The number of carboxylic acid groups (broad SMARTS) is 1. The molecule has 13 heavy (non-hydrogen) atoms. The fraction of sp³-hybridized carbons (Fsp3) is 0.500. The van der Waals surface area contributed by atoms with Crippen LogP contribution >= 0.6 is 11.8 Å². The van der Waals surface area contributed by atoms with Gasteiger partial charge in [-0.15, -0.1) is 5.10 Å². The topological polar surface area (TPSA) is 94.0 Å². The second-order valence-corrected chi connectivity index (χ2v) is 3.19. The summed E-state index contributed by atoms with van der Waals surface area (Å²) in [4.78, 5) is 14.5. The van der Waals surface area contributed by atoms with E-state index in [1.54, 1.807) is 6.26 Å². The third-order valence-corrected chi connectivity index (χ3v) is 2.08. The van der Waals surface area contributed by atoms with Gasteiger partial charge in [-0.25, -0.2) is 9.48 Å². The lowest BCUT2D eigenvalue weighted by molar-refractivity contribution is -0.140.